The number of anilines is 1. The Morgan fingerprint density at radius 3 is 2.61 bits per heavy atom. The Kier molecular flexibility index (Phi) is 3.91. The summed E-state index contributed by atoms with van der Waals surface area (Å²) in [5.74, 6) is -1.87. The normalized spacial score (nSPS) is 10.8. The standard InChI is InChI=1S/C15H12F2N4OS/c1-8-13(14(22)19-9-6-18-21(2)7-9)20-15(23-8)12-10(16)4-3-5-11(12)17/h3-7H,1-2H3,(H,19,22). The molecule has 0 radical (unpaired) electrons. The van der Waals surface area contributed by atoms with E-state index < -0.39 is 17.5 Å². The van der Waals surface area contributed by atoms with Crippen molar-refractivity contribution in [2.24, 2.45) is 7.05 Å². The molecule has 0 aliphatic carbocycles. The number of aromatic nitrogens is 3. The van der Waals surface area contributed by atoms with Gasteiger partial charge in [0.05, 0.1) is 17.4 Å². The molecule has 0 fully saturated rings. The summed E-state index contributed by atoms with van der Waals surface area (Å²) in [6.07, 6.45) is 3.13. The molecule has 2 heterocycles. The number of rotatable bonds is 3. The van der Waals surface area contributed by atoms with E-state index in [4.69, 9.17) is 0 Å². The number of thiazole rings is 1. The van der Waals surface area contributed by atoms with Crippen molar-refractivity contribution < 1.29 is 13.6 Å². The summed E-state index contributed by atoms with van der Waals surface area (Å²) < 4.78 is 29.2. The molecule has 8 heteroatoms. The lowest BCUT2D eigenvalue weighted by molar-refractivity contribution is 0.102. The number of hydrogen-bond acceptors (Lipinski definition) is 4. The fraction of sp³-hybridized carbons (Fsp3) is 0.133. The Balaban J connectivity index is 1.93. The summed E-state index contributed by atoms with van der Waals surface area (Å²) >= 11 is 1.07. The van der Waals surface area contributed by atoms with Crippen molar-refractivity contribution in [3.05, 3.63) is 52.8 Å². The summed E-state index contributed by atoms with van der Waals surface area (Å²) in [4.78, 5) is 16.9. The van der Waals surface area contributed by atoms with E-state index in [1.807, 2.05) is 0 Å². The van der Waals surface area contributed by atoms with Crippen LogP contribution < -0.4 is 5.32 Å². The van der Waals surface area contributed by atoms with E-state index in [-0.39, 0.29) is 16.3 Å². The van der Waals surface area contributed by atoms with Crippen molar-refractivity contribution in [1.29, 1.82) is 0 Å². The van der Waals surface area contributed by atoms with Crippen LogP contribution in [0, 0.1) is 18.6 Å². The lowest BCUT2D eigenvalue weighted by atomic mass is 10.2. The van der Waals surface area contributed by atoms with Gasteiger partial charge < -0.3 is 5.32 Å². The van der Waals surface area contributed by atoms with E-state index in [1.165, 1.54) is 12.3 Å². The lowest BCUT2D eigenvalue weighted by Gasteiger charge is -2.01. The first kappa shape index (κ1) is 15.3. The number of carbonyl (C=O) groups excluding carboxylic acids is 1. The van der Waals surface area contributed by atoms with Gasteiger partial charge >= 0.3 is 0 Å². The second-order valence-electron chi connectivity index (χ2n) is 4.88. The average Bonchev–Trinajstić information content (AvgIpc) is 3.05. The molecule has 0 atom stereocenters. The zero-order chi connectivity index (χ0) is 16.6. The van der Waals surface area contributed by atoms with E-state index in [0.717, 1.165) is 23.5 Å². The van der Waals surface area contributed by atoms with Gasteiger partial charge in [-0.15, -0.1) is 11.3 Å². The maximum Gasteiger partial charge on any atom is 0.275 e. The highest BCUT2D eigenvalue weighted by Crippen LogP contribution is 2.31. The van der Waals surface area contributed by atoms with Crippen LogP contribution in [0.4, 0.5) is 14.5 Å². The Bertz CT molecular complexity index is 867. The summed E-state index contributed by atoms with van der Waals surface area (Å²) in [5.41, 5.74) is 0.432. The fourth-order valence-corrected chi connectivity index (χ4v) is 3.05. The molecule has 0 spiro atoms. The monoisotopic (exact) mass is 334 g/mol. The summed E-state index contributed by atoms with van der Waals surface area (Å²) in [7, 11) is 1.73. The van der Waals surface area contributed by atoms with Crippen LogP contribution >= 0.6 is 11.3 Å². The smallest absolute Gasteiger partial charge is 0.275 e. The van der Waals surface area contributed by atoms with Gasteiger partial charge in [0, 0.05) is 18.1 Å². The highest BCUT2D eigenvalue weighted by Gasteiger charge is 2.20. The molecule has 0 unspecified atom stereocenters. The summed E-state index contributed by atoms with van der Waals surface area (Å²) in [5, 5.41) is 6.73. The predicted octanol–water partition coefficient (Wildman–Crippen LogP) is 3.38. The fourth-order valence-electron chi connectivity index (χ4n) is 2.09. The number of halogens is 2. The van der Waals surface area contributed by atoms with Gasteiger partial charge in [-0.1, -0.05) is 6.07 Å². The Morgan fingerprint density at radius 1 is 1.30 bits per heavy atom. The van der Waals surface area contributed by atoms with Crippen molar-refractivity contribution in [3.63, 3.8) is 0 Å². The van der Waals surface area contributed by atoms with Crippen molar-refractivity contribution in [2.45, 2.75) is 6.92 Å². The van der Waals surface area contributed by atoms with Crippen LogP contribution in [-0.2, 0) is 7.05 Å². The number of benzene rings is 1. The minimum Gasteiger partial charge on any atom is -0.318 e. The topological polar surface area (TPSA) is 59.8 Å². The quantitative estimate of drug-likeness (QED) is 0.799. The SMILES string of the molecule is Cc1sc(-c2c(F)cccc2F)nc1C(=O)Nc1cnn(C)c1. The van der Waals surface area contributed by atoms with E-state index in [0.29, 0.717) is 10.6 Å². The third kappa shape index (κ3) is 2.98. The van der Waals surface area contributed by atoms with Crippen molar-refractivity contribution >= 4 is 22.9 Å². The number of amides is 1. The lowest BCUT2D eigenvalue weighted by Crippen LogP contribution is -2.13. The van der Waals surface area contributed by atoms with Crippen LogP contribution in [0.2, 0.25) is 0 Å². The minimum absolute atomic E-state index is 0.134. The molecule has 1 N–H and O–H groups in total. The van der Waals surface area contributed by atoms with Gasteiger partial charge in [-0.25, -0.2) is 13.8 Å². The Hall–Kier alpha value is -2.61. The van der Waals surface area contributed by atoms with Crippen molar-refractivity contribution in [2.75, 3.05) is 5.32 Å². The van der Waals surface area contributed by atoms with Gasteiger partial charge in [-0.2, -0.15) is 5.10 Å². The molecular weight excluding hydrogens is 322 g/mol. The molecule has 0 aliphatic heterocycles. The van der Waals surface area contributed by atoms with Crippen molar-refractivity contribution in [1.82, 2.24) is 14.8 Å². The maximum absolute atomic E-state index is 13.8. The largest absolute Gasteiger partial charge is 0.318 e. The molecule has 1 amide bonds. The summed E-state index contributed by atoms with van der Waals surface area (Å²) in [6, 6.07) is 3.60. The van der Waals surface area contributed by atoms with E-state index in [9.17, 15) is 13.6 Å². The molecular formula is C15H12F2N4OS. The van der Waals surface area contributed by atoms with Crippen LogP contribution in [0.25, 0.3) is 10.6 Å². The van der Waals surface area contributed by atoms with Gasteiger partial charge in [-0.05, 0) is 19.1 Å². The zero-order valence-electron chi connectivity index (χ0n) is 12.3. The number of nitrogens with one attached hydrogen (secondary N) is 1. The minimum atomic E-state index is -0.710. The molecule has 118 valence electrons. The highest BCUT2D eigenvalue weighted by molar-refractivity contribution is 7.15. The van der Waals surface area contributed by atoms with Crippen LogP contribution in [0.5, 0.6) is 0 Å². The molecule has 5 nitrogen and oxygen atoms in total. The van der Waals surface area contributed by atoms with Gasteiger partial charge in [-0.3, -0.25) is 9.48 Å². The Morgan fingerprint density at radius 2 is 2.00 bits per heavy atom. The van der Waals surface area contributed by atoms with Crippen LogP contribution in [0.1, 0.15) is 15.4 Å². The zero-order valence-corrected chi connectivity index (χ0v) is 13.1. The van der Waals surface area contributed by atoms with Gasteiger partial charge in [0.1, 0.15) is 22.3 Å². The second-order valence-corrected chi connectivity index (χ2v) is 6.08. The number of hydrogen-bond donors (Lipinski definition) is 1. The van der Waals surface area contributed by atoms with Crippen LogP contribution in [-0.4, -0.2) is 20.7 Å². The van der Waals surface area contributed by atoms with Crippen LogP contribution in [0.15, 0.2) is 30.6 Å². The molecule has 23 heavy (non-hydrogen) atoms. The maximum atomic E-state index is 13.8. The Labute approximate surface area is 134 Å². The molecule has 0 saturated heterocycles. The molecule has 0 bridgehead atoms. The molecule has 0 saturated carbocycles. The number of nitrogens with zero attached hydrogens (tertiary/aromatic N) is 3. The molecule has 3 rings (SSSR count). The average molecular weight is 334 g/mol. The molecule has 2 aromatic heterocycles. The van der Waals surface area contributed by atoms with E-state index in [1.54, 1.807) is 24.9 Å². The molecule has 3 aromatic rings. The third-order valence-corrected chi connectivity index (χ3v) is 4.14. The van der Waals surface area contributed by atoms with Crippen molar-refractivity contribution in [3.8, 4) is 10.6 Å². The first-order valence-corrected chi connectivity index (χ1v) is 7.49. The predicted molar refractivity (Wildman–Crippen MR) is 83.4 cm³/mol. The van der Waals surface area contributed by atoms with Gasteiger partial charge in [0.2, 0.25) is 0 Å². The first-order valence-electron chi connectivity index (χ1n) is 6.67. The number of aryl methyl sites for hydroxylation is 2. The third-order valence-electron chi connectivity index (χ3n) is 3.15. The molecule has 1 aromatic carbocycles. The van der Waals surface area contributed by atoms with Gasteiger partial charge in [0.25, 0.3) is 5.91 Å². The number of carbonyl (C=O) groups is 1. The van der Waals surface area contributed by atoms with E-state index >= 15 is 0 Å². The highest BCUT2D eigenvalue weighted by atomic mass is 32.1. The summed E-state index contributed by atoms with van der Waals surface area (Å²) in [6.45, 7) is 1.68. The second kappa shape index (κ2) is 5.88. The van der Waals surface area contributed by atoms with Gasteiger partial charge in [0.15, 0.2) is 0 Å². The van der Waals surface area contributed by atoms with Crippen LogP contribution in [0.3, 0.4) is 0 Å². The first-order chi connectivity index (χ1) is 11.0. The molecule has 0 aliphatic rings. The van der Waals surface area contributed by atoms with E-state index in [2.05, 4.69) is 15.4 Å².